The van der Waals surface area contributed by atoms with Crippen molar-refractivity contribution < 1.29 is 13.2 Å². The molecule has 4 rings (SSSR count). The number of rotatable bonds is 4. The molecule has 3 aromatic rings. The van der Waals surface area contributed by atoms with Gasteiger partial charge in [0.25, 0.3) is 10.0 Å². The van der Waals surface area contributed by atoms with Crippen molar-refractivity contribution in [3.05, 3.63) is 36.8 Å². The lowest BCUT2D eigenvalue weighted by Gasteiger charge is -2.16. The third kappa shape index (κ3) is 3.00. The second-order valence-electron chi connectivity index (χ2n) is 6.11. The molecule has 0 saturated carbocycles. The summed E-state index contributed by atoms with van der Waals surface area (Å²) in [6, 6.07) is 7.85. The summed E-state index contributed by atoms with van der Waals surface area (Å²) in [5.74, 6) is -0.281. The molecular formula is C16H17N5O3S2. The molecule has 0 radical (unpaired) electrons. The van der Waals surface area contributed by atoms with Crippen LogP contribution in [0.5, 0.6) is 0 Å². The van der Waals surface area contributed by atoms with Gasteiger partial charge in [-0.3, -0.25) is 4.79 Å². The van der Waals surface area contributed by atoms with Crippen LogP contribution in [0.2, 0.25) is 0 Å². The number of amides is 1. The lowest BCUT2D eigenvalue weighted by Crippen LogP contribution is -2.28. The summed E-state index contributed by atoms with van der Waals surface area (Å²) in [5.41, 5.74) is 1.90. The van der Waals surface area contributed by atoms with E-state index >= 15 is 0 Å². The van der Waals surface area contributed by atoms with Crippen LogP contribution < -0.4 is 5.32 Å². The number of imidazole rings is 1. The molecule has 1 unspecified atom stereocenters. The van der Waals surface area contributed by atoms with Crippen LogP contribution in [0, 0.1) is 0 Å². The maximum Gasteiger partial charge on any atom is 0.254 e. The number of benzene rings is 1. The van der Waals surface area contributed by atoms with Gasteiger partial charge in [-0.25, -0.2) is 18.4 Å². The quantitative estimate of drug-likeness (QED) is 0.734. The van der Waals surface area contributed by atoms with Crippen LogP contribution in [-0.4, -0.2) is 46.3 Å². The Morgan fingerprint density at radius 2 is 2.12 bits per heavy atom. The zero-order chi connectivity index (χ0) is 18.3. The fourth-order valence-electron chi connectivity index (χ4n) is 3.14. The van der Waals surface area contributed by atoms with Crippen molar-refractivity contribution >= 4 is 43.4 Å². The SMILES string of the molecule is CC(=O)Nc1ncc(S(=O)(=O)N2CCC(n3cnc4ccccc43)C2)s1. The third-order valence-corrected chi connectivity index (χ3v) is 7.58. The highest BCUT2D eigenvalue weighted by Gasteiger charge is 2.35. The van der Waals surface area contributed by atoms with Crippen LogP contribution in [0.4, 0.5) is 5.13 Å². The smallest absolute Gasteiger partial charge is 0.254 e. The summed E-state index contributed by atoms with van der Waals surface area (Å²) in [6.45, 7) is 2.18. The summed E-state index contributed by atoms with van der Waals surface area (Å²) in [7, 11) is -3.63. The third-order valence-electron chi connectivity index (χ3n) is 4.36. The Morgan fingerprint density at radius 3 is 2.92 bits per heavy atom. The van der Waals surface area contributed by atoms with Crippen molar-refractivity contribution in [1.82, 2.24) is 18.8 Å². The summed E-state index contributed by atoms with van der Waals surface area (Å²) < 4.78 is 29.4. The predicted octanol–water partition coefficient (Wildman–Crippen LogP) is 2.09. The standard InChI is InChI=1S/C16H17N5O3S2/c1-11(22)19-16-17-8-15(25-16)26(23,24)20-7-6-12(9-20)21-10-18-13-4-2-3-5-14(13)21/h2-5,8,10,12H,6-7,9H2,1H3,(H,17,19,22). The highest BCUT2D eigenvalue weighted by atomic mass is 32.2. The normalized spacial score (nSPS) is 18.4. The van der Waals surface area contributed by atoms with Crippen LogP contribution in [0.1, 0.15) is 19.4 Å². The molecule has 1 N–H and O–H groups in total. The number of carbonyl (C=O) groups is 1. The molecule has 3 heterocycles. The van der Waals surface area contributed by atoms with E-state index in [4.69, 9.17) is 0 Å². The van der Waals surface area contributed by atoms with E-state index in [1.165, 1.54) is 17.4 Å². The molecule has 1 fully saturated rings. The minimum absolute atomic E-state index is 0.0416. The summed E-state index contributed by atoms with van der Waals surface area (Å²) in [4.78, 5) is 19.5. The number of thiazole rings is 1. The molecule has 1 saturated heterocycles. The molecule has 1 atom stereocenters. The number of sulfonamides is 1. The van der Waals surface area contributed by atoms with E-state index in [0.717, 1.165) is 28.8 Å². The number of aromatic nitrogens is 3. The zero-order valence-electron chi connectivity index (χ0n) is 14.0. The molecule has 136 valence electrons. The Morgan fingerprint density at radius 1 is 1.31 bits per heavy atom. The fraction of sp³-hybridized carbons (Fsp3) is 0.312. The molecule has 0 aliphatic carbocycles. The maximum atomic E-state index is 12.9. The molecule has 1 aromatic carbocycles. The monoisotopic (exact) mass is 391 g/mol. The van der Waals surface area contributed by atoms with E-state index in [9.17, 15) is 13.2 Å². The van der Waals surface area contributed by atoms with Gasteiger partial charge in [-0.2, -0.15) is 4.31 Å². The van der Waals surface area contributed by atoms with Gasteiger partial charge in [0.2, 0.25) is 5.91 Å². The van der Waals surface area contributed by atoms with Crippen molar-refractivity contribution in [2.24, 2.45) is 0 Å². The number of para-hydroxylation sites is 2. The first-order valence-electron chi connectivity index (χ1n) is 8.10. The first kappa shape index (κ1) is 17.1. The van der Waals surface area contributed by atoms with Gasteiger partial charge in [0.1, 0.15) is 0 Å². The first-order valence-corrected chi connectivity index (χ1v) is 10.4. The minimum Gasteiger partial charge on any atom is -0.326 e. The second-order valence-corrected chi connectivity index (χ2v) is 9.31. The fourth-order valence-corrected chi connectivity index (χ4v) is 5.86. The van der Waals surface area contributed by atoms with E-state index in [-0.39, 0.29) is 21.3 Å². The number of fused-ring (bicyclic) bond motifs is 1. The predicted molar refractivity (Wildman–Crippen MR) is 98.6 cm³/mol. The van der Waals surface area contributed by atoms with Crippen LogP contribution in [0.25, 0.3) is 11.0 Å². The van der Waals surface area contributed by atoms with Crippen LogP contribution in [-0.2, 0) is 14.8 Å². The van der Waals surface area contributed by atoms with E-state index < -0.39 is 10.0 Å². The van der Waals surface area contributed by atoms with Gasteiger partial charge in [0.15, 0.2) is 9.34 Å². The number of nitrogens with one attached hydrogen (secondary N) is 1. The Labute approximate surface area is 154 Å². The van der Waals surface area contributed by atoms with E-state index in [2.05, 4.69) is 15.3 Å². The van der Waals surface area contributed by atoms with E-state index in [1.54, 1.807) is 6.33 Å². The number of carbonyl (C=O) groups excluding carboxylic acids is 1. The Balaban J connectivity index is 1.56. The van der Waals surface area contributed by atoms with Crippen molar-refractivity contribution in [3.63, 3.8) is 0 Å². The number of anilines is 1. The number of hydrogen-bond donors (Lipinski definition) is 1. The molecule has 10 heteroatoms. The van der Waals surface area contributed by atoms with Crippen molar-refractivity contribution in [3.8, 4) is 0 Å². The first-order chi connectivity index (χ1) is 12.4. The highest BCUT2D eigenvalue weighted by Crippen LogP contribution is 2.32. The van der Waals surface area contributed by atoms with Crippen LogP contribution in [0.3, 0.4) is 0 Å². The molecule has 0 bridgehead atoms. The highest BCUT2D eigenvalue weighted by molar-refractivity contribution is 7.91. The average Bonchev–Trinajstić information content (AvgIpc) is 3.33. The molecule has 8 nitrogen and oxygen atoms in total. The molecule has 0 spiro atoms. The van der Waals surface area contributed by atoms with Crippen LogP contribution >= 0.6 is 11.3 Å². The largest absolute Gasteiger partial charge is 0.326 e. The molecule has 1 aliphatic heterocycles. The topological polar surface area (TPSA) is 97.2 Å². The summed E-state index contributed by atoms with van der Waals surface area (Å²) >= 11 is 0.964. The van der Waals surface area contributed by atoms with Gasteiger partial charge in [-0.05, 0) is 18.6 Å². The number of nitrogens with zero attached hydrogens (tertiary/aromatic N) is 4. The molecule has 2 aromatic heterocycles. The summed E-state index contributed by atoms with van der Waals surface area (Å²) in [5, 5.41) is 2.80. The van der Waals surface area contributed by atoms with Gasteiger partial charge < -0.3 is 9.88 Å². The van der Waals surface area contributed by atoms with E-state index in [0.29, 0.717) is 13.1 Å². The minimum atomic E-state index is -3.63. The van der Waals surface area contributed by atoms with Crippen LogP contribution in [0.15, 0.2) is 41.0 Å². The molecule has 1 aliphatic rings. The van der Waals surface area contributed by atoms with Gasteiger partial charge in [0.05, 0.1) is 29.6 Å². The van der Waals surface area contributed by atoms with Crippen molar-refractivity contribution in [2.45, 2.75) is 23.6 Å². The lowest BCUT2D eigenvalue weighted by molar-refractivity contribution is -0.114. The number of hydrogen-bond acceptors (Lipinski definition) is 6. The van der Waals surface area contributed by atoms with Gasteiger partial charge >= 0.3 is 0 Å². The Kier molecular flexibility index (Phi) is 4.25. The van der Waals surface area contributed by atoms with Gasteiger partial charge in [-0.15, -0.1) is 0 Å². The van der Waals surface area contributed by atoms with Gasteiger partial charge in [0, 0.05) is 20.0 Å². The second kappa shape index (κ2) is 6.45. The van der Waals surface area contributed by atoms with Crippen molar-refractivity contribution in [1.29, 1.82) is 0 Å². The Bertz CT molecular complexity index is 1070. The zero-order valence-corrected chi connectivity index (χ0v) is 15.6. The summed E-state index contributed by atoms with van der Waals surface area (Å²) in [6.07, 6.45) is 3.79. The van der Waals surface area contributed by atoms with E-state index in [1.807, 2.05) is 28.8 Å². The molecular weight excluding hydrogens is 374 g/mol. The van der Waals surface area contributed by atoms with Gasteiger partial charge in [-0.1, -0.05) is 23.5 Å². The Hall–Kier alpha value is -2.30. The lowest BCUT2D eigenvalue weighted by atomic mass is 10.2. The molecule has 1 amide bonds. The molecule has 26 heavy (non-hydrogen) atoms. The average molecular weight is 391 g/mol. The maximum absolute atomic E-state index is 12.9. The van der Waals surface area contributed by atoms with Crippen molar-refractivity contribution in [2.75, 3.05) is 18.4 Å².